The second kappa shape index (κ2) is 10.3. The first kappa shape index (κ1) is 20.5. The number of benzene rings is 3. The number of carbonyl (C=O) groups is 1. The van der Waals surface area contributed by atoms with E-state index in [1.807, 2.05) is 42.5 Å². The van der Waals surface area contributed by atoms with Gasteiger partial charge in [-0.3, -0.25) is 4.79 Å². The number of likely N-dealkylation sites (tertiary alicyclic amines) is 1. The van der Waals surface area contributed by atoms with Crippen LogP contribution < -0.4 is 0 Å². The van der Waals surface area contributed by atoms with E-state index in [-0.39, 0.29) is 12.0 Å². The molecule has 0 N–H and O–H groups in total. The van der Waals surface area contributed by atoms with Crippen LogP contribution in [0.1, 0.15) is 40.4 Å². The van der Waals surface area contributed by atoms with Crippen LogP contribution in [0, 0.1) is 5.92 Å². The Morgan fingerprint density at radius 2 is 1.30 bits per heavy atom. The van der Waals surface area contributed by atoms with Crippen LogP contribution in [0.4, 0.5) is 0 Å². The lowest BCUT2D eigenvalue weighted by molar-refractivity contribution is 0.0499. The highest BCUT2D eigenvalue weighted by Gasteiger charge is 2.25. The van der Waals surface area contributed by atoms with Crippen molar-refractivity contribution in [3.05, 3.63) is 108 Å². The molecule has 0 aromatic heterocycles. The van der Waals surface area contributed by atoms with Crippen LogP contribution in [0.2, 0.25) is 0 Å². The minimum atomic E-state index is -0.0513. The number of rotatable bonds is 8. The number of piperidine rings is 1. The van der Waals surface area contributed by atoms with E-state index in [0.29, 0.717) is 12.4 Å². The normalized spacial score (nSPS) is 15.4. The molecule has 1 heterocycles. The lowest BCUT2D eigenvalue weighted by atomic mass is 9.89. The molecule has 0 amide bonds. The average molecular weight is 400 g/mol. The van der Waals surface area contributed by atoms with Crippen molar-refractivity contribution in [2.75, 3.05) is 26.2 Å². The van der Waals surface area contributed by atoms with E-state index in [2.05, 4.69) is 53.4 Å². The van der Waals surface area contributed by atoms with E-state index in [0.717, 1.165) is 38.0 Å². The Bertz CT molecular complexity index is 864. The summed E-state index contributed by atoms with van der Waals surface area (Å²) in [6.45, 7) is 3.47. The summed E-state index contributed by atoms with van der Waals surface area (Å²) in [5, 5.41) is 0. The molecule has 154 valence electrons. The predicted octanol–water partition coefficient (Wildman–Crippen LogP) is 5.39. The van der Waals surface area contributed by atoms with Gasteiger partial charge >= 0.3 is 0 Å². The summed E-state index contributed by atoms with van der Waals surface area (Å²) >= 11 is 0. The smallest absolute Gasteiger partial charge is 0.166 e. The van der Waals surface area contributed by atoms with Crippen LogP contribution in [0.25, 0.3) is 0 Å². The Labute approximate surface area is 179 Å². The summed E-state index contributed by atoms with van der Waals surface area (Å²) in [6, 6.07) is 30.5. The zero-order chi connectivity index (χ0) is 20.6. The number of hydrogen-bond donors (Lipinski definition) is 0. The first-order valence-corrected chi connectivity index (χ1v) is 10.8. The molecule has 3 heteroatoms. The number of ether oxygens (including phenoxy) is 1. The summed E-state index contributed by atoms with van der Waals surface area (Å²) in [4.78, 5) is 15.1. The third kappa shape index (κ3) is 5.24. The molecule has 1 fully saturated rings. The molecule has 0 atom stereocenters. The van der Waals surface area contributed by atoms with Crippen molar-refractivity contribution in [2.24, 2.45) is 5.92 Å². The van der Waals surface area contributed by atoms with E-state index < -0.39 is 0 Å². The molecule has 0 unspecified atom stereocenters. The molecule has 1 saturated heterocycles. The molecule has 3 aromatic rings. The molecule has 0 saturated carbocycles. The number of hydrogen-bond acceptors (Lipinski definition) is 3. The van der Waals surface area contributed by atoms with Crippen molar-refractivity contribution in [2.45, 2.75) is 18.9 Å². The van der Waals surface area contributed by atoms with Gasteiger partial charge in [0.25, 0.3) is 0 Å². The zero-order valence-electron chi connectivity index (χ0n) is 17.3. The fourth-order valence-electron chi connectivity index (χ4n) is 4.20. The van der Waals surface area contributed by atoms with Gasteiger partial charge in [-0.25, -0.2) is 0 Å². The van der Waals surface area contributed by atoms with Gasteiger partial charge in [0.2, 0.25) is 0 Å². The maximum Gasteiger partial charge on any atom is 0.166 e. The quantitative estimate of drug-likeness (QED) is 0.476. The molecule has 3 aromatic carbocycles. The summed E-state index contributed by atoms with van der Waals surface area (Å²) in [6.07, 6.45) is 1.80. The van der Waals surface area contributed by atoms with Gasteiger partial charge in [0.1, 0.15) is 6.10 Å². The summed E-state index contributed by atoms with van der Waals surface area (Å²) in [7, 11) is 0. The molecule has 3 nitrogen and oxygen atoms in total. The summed E-state index contributed by atoms with van der Waals surface area (Å²) in [5.74, 6) is 0.436. The third-order valence-electron chi connectivity index (χ3n) is 5.91. The zero-order valence-corrected chi connectivity index (χ0v) is 17.3. The lowest BCUT2D eigenvalue weighted by Gasteiger charge is -2.31. The van der Waals surface area contributed by atoms with Gasteiger partial charge in [0.15, 0.2) is 5.78 Å². The van der Waals surface area contributed by atoms with Crippen LogP contribution >= 0.6 is 0 Å². The van der Waals surface area contributed by atoms with Crippen molar-refractivity contribution < 1.29 is 9.53 Å². The van der Waals surface area contributed by atoms with Crippen LogP contribution in [0.5, 0.6) is 0 Å². The second-order valence-corrected chi connectivity index (χ2v) is 7.92. The minimum Gasteiger partial charge on any atom is -0.367 e. The summed E-state index contributed by atoms with van der Waals surface area (Å²) < 4.78 is 6.35. The third-order valence-corrected chi connectivity index (χ3v) is 5.91. The Kier molecular flexibility index (Phi) is 7.07. The van der Waals surface area contributed by atoms with Crippen LogP contribution in [0.15, 0.2) is 91.0 Å². The average Bonchev–Trinajstić information content (AvgIpc) is 2.83. The van der Waals surface area contributed by atoms with E-state index in [4.69, 9.17) is 4.74 Å². The van der Waals surface area contributed by atoms with Crippen molar-refractivity contribution in [1.82, 2.24) is 4.90 Å². The number of Topliss-reactive ketones (excluding diaryl/α,β-unsaturated/α-hetero) is 1. The molecule has 0 aliphatic carbocycles. The van der Waals surface area contributed by atoms with Gasteiger partial charge in [-0.05, 0) is 37.1 Å². The molecule has 30 heavy (non-hydrogen) atoms. The Balaban J connectivity index is 1.29. The molecular formula is C27H29NO2. The van der Waals surface area contributed by atoms with E-state index in [1.165, 1.54) is 11.1 Å². The highest BCUT2D eigenvalue weighted by Crippen LogP contribution is 2.26. The fraction of sp³-hybridized carbons (Fsp3) is 0.296. The van der Waals surface area contributed by atoms with Crippen molar-refractivity contribution in [3.63, 3.8) is 0 Å². The Hall–Kier alpha value is -2.75. The fourth-order valence-corrected chi connectivity index (χ4v) is 4.20. The van der Waals surface area contributed by atoms with E-state index in [1.54, 1.807) is 0 Å². The molecule has 1 aliphatic heterocycles. The van der Waals surface area contributed by atoms with E-state index >= 15 is 0 Å². The molecule has 4 rings (SSSR count). The SMILES string of the molecule is O=C(c1ccccc1)C1CCN(CCOC(c2ccccc2)c2ccccc2)CC1. The highest BCUT2D eigenvalue weighted by molar-refractivity contribution is 5.97. The minimum absolute atomic E-state index is 0.0513. The maximum atomic E-state index is 12.7. The topological polar surface area (TPSA) is 29.5 Å². The second-order valence-electron chi connectivity index (χ2n) is 7.92. The van der Waals surface area contributed by atoms with Gasteiger partial charge in [-0.15, -0.1) is 0 Å². The lowest BCUT2D eigenvalue weighted by Crippen LogP contribution is -2.38. The van der Waals surface area contributed by atoms with Crippen LogP contribution in [-0.4, -0.2) is 36.9 Å². The van der Waals surface area contributed by atoms with Gasteiger partial charge in [-0.2, -0.15) is 0 Å². The Morgan fingerprint density at radius 1 is 0.800 bits per heavy atom. The van der Waals surface area contributed by atoms with Gasteiger partial charge in [0, 0.05) is 18.0 Å². The van der Waals surface area contributed by atoms with Gasteiger partial charge < -0.3 is 9.64 Å². The first-order chi connectivity index (χ1) is 14.8. The van der Waals surface area contributed by atoms with Crippen molar-refractivity contribution >= 4 is 5.78 Å². The maximum absolute atomic E-state index is 12.7. The standard InChI is InChI=1S/C27H29NO2/c29-26(22-10-4-1-5-11-22)23-16-18-28(19-17-23)20-21-30-27(24-12-6-2-7-13-24)25-14-8-3-9-15-25/h1-15,23,27H,16-21H2. The monoisotopic (exact) mass is 399 g/mol. The number of ketones is 1. The number of nitrogens with zero attached hydrogens (tertiary/aromatic N) is 1. The highest BCUT2D eigenvalue weighted by atomic mass is 16.5. The summed E-state index contributed by atoms with van der Waals surface area (Å²) in [5.41, 5.74) is 3.19. The van der Waals surface area contributed by atoms with Crippen LogP contribution in [0.3, 0.4) is 0 Å². The molecule has 0 radical (unpaired) electrons. The molecular weight excluding hydrogens is 370 g/mol. The van der Waals surface area contributed by atoms with Gasteiger partial charge in [0.05, 0.1) is 6.61 Å². The molecule has 0 spiro atoms. The molecule has 0 bridgehead atoms. The van der Waals surface area contributed by atoms with Crippen LogP contribution in [-0.2, 0) is 4.74 Å². The van der Waals surface area contributed by atoms with E-state index in [9.17, 15) is 4.79 Å². The number of carbonyl (C=O) groups excluding carboxylic acids is 1. The molecule has 1 aliphatic rings. The van der Waals surface area contributed by atoms with Crippen molar-refractivity contribution in [3.8, 4) is 0 Å². The first-order valence-electron chi connectivity index (χ1n) is 10.8. The Morgan fingerprint density at radius 3 is 1.83 bits per heavy atom. The predicted molar refractivity (Wildman–Crippen MR) is 121 cm³/mol. The largest absolute Gasteiger partial charge is 0.367 e. The van der Waals surface area contributed by atoms with Gasteiger partial charge in [-0.1, -0.05) is 91.0 Å². The van der Waals surface area contributed by atoms with Crippen molar-refractivity contribution in [1.29, 1.82) is 0 Å².